The number of nitrogens with zero attached hydrogens (tertiary/aromatic N) is 4. The van der Waals surface area contributed by atoms with Crippen LogP contribution >= 0.6 is 15.9 Å². The van der Waals surface area contributed by atoms with Gasteiger partial charge in [0.25, 0.3) is 0 Å². The summed E-state index contributed by atoms with van der Waals surface area (Å²) in [5.74, 6) is 0. The van der Waals surface area contributed by atoms with Gasteiger partial charge in [-0.1, -0.05) is 46.3 Å². The van der Waals surface area contributed by atoms with Crippen LogP contribution in [0.1, 0.15) is 16.7 Å². The van der Waals surface area contributed by atoms with E-state index in [0.29, 0.717) is 0 Å². The van der Waals surface area contributed by atoms with Gasteiger partial charge < -0.3 is 0 Å². The Morgan fingerprint density at radius 1 is 1.12 bits per heavy atom. The first kappa shape index (κ1) is 14.6. The van der Waals surface area contributed by atoms with Crippen LogP contribution < -0.4 is 0 Å². The van der Waals surface area contributed by atoms with Gasteiger partial charge in [-0.25, -0.2) is 9.67 Å². The number of fused-ring (bicyclic) bond motifs is 3. The predicted molar refractivity (Wildman–Crippen MR) is 99.1 cm³/mol. The highest BCUT2D eigenvalue weighted by Gasteiger charge is 2.25. The lowest BCUT2D eigenvalue weighted by Crippen LogP contribution is -2.00. The average molecular weight is 392 g/mol. The summed E-state index contributed by atoms with van der Waals surface area (Å²) in [5, 5.41) is 12.0. The van der Waals surface area contributed by atoms with E-state index in [1.807, 2.05) is 4.68 Å². The standard InChI is InChI=1S/C19H14BrN5/c20-15-4-2-13(3-5-15)18-17-8-14-7-12(9-25-11-21-10-22-25)1-6-16(14)19(17)24-23-18/h1-7,10-11H,8-9H2,(H,23,24). The Labute approximate surface area is 152 Å². The van der Waals surface area contributed by atoms with Crippen LogP contribution in [0.4, 0.5) is 0 Å². The molecule has 1 aliphatic rings. The second kappa shape index (κ2) is 5.67. The molecule has 2 aromatic heterocycles. The second-order valence-electron chi connectivity index (χ2n) is 6.19. The molecule has 0 aliphatic heterocycles. The number of benzene rings is 2. The smallest absolute Gasteiger partial charge is 0.137 e. The summed E-state index contributed by atoms with van der Waals surface area (Å²) in [7, 11) is 0. The number of aromatic amines is 1. The quantitative estimate of drug-likeness (QED) is 0.504. The molecule has 0 radical (unpaired) electrons. The maximum atomic E-state index is 4.56. The van der Waals surface area contributed by atoms with E-state index in [1.165, 1.54) is 22.3 Å². The first-order valence-electron chi connectivity index (χ1n) is 8.06. The summed E-state index contributed by atoms with van der Waals surface area (Å²) in [4.78, 5) is 4.00. The Bertz CT molecular complexity index is 1050. The SMILES string of the molecule is Brc1ccc(-c2n[nH]c3c2Cc2cc(Cn4cncn4)ccc2-3)cc1. The minimum absolute atomic E-state index is 0.735. The molecule has 25 heavy (non-hydrogen) atoms. The molecule has 0 spiro atoms. The van der Waals surface area contributed by atoms with Crippen molar-refractivity contribution in [1.82, 2.24) is 25.0 Å². The van der Waals surface area contributed by atoms with Crippen molar-refractivity contribution in [3.8, 4) is 22.5 Å². The van der Waals surface area contributed by atoms with Crippen LogP contribution in [0.3, 0.4) is 0 Å². The summed E-state index contributed by atoms with van der Waals surface area (Å²) in [6.07, 6.45) is 4.21. The fourth-order valence-electron chi connectivity index (χ4n) is 3.43. The Morgan fingerprint density at radius 3 is 2.80 bits per heavy atom. The Kier molecular flexibility index (Phi) is 3.31. The van der Waals surface area contributed by atoms with Gasteiger partial charge in [0.2, 0.25) is 0 Å². The van der Waals surface area contributed by atoms with E-state index in [4.69, 9.17) is 0 Å². The van der Waals surface area contributed by atoms with Crippen molar-refractivity contribution >= 4 is 15.9 Å². The molecule has 0 unspecified atom stereocenters. The number of rotatable bonds is 3. The van der Waals surface area contributed by atoms with Crippen molar-refractivity contribution in [3.63, 3.8) is 0 Å². The molecule has 0 saturated carbocycles. The monoisotopic (exact) mass is 391 g/mol. The summed E-state index contributed by atoms with van der Waals surface area (Å²) >= 11 is 3.49. The molecule has 2 aromatic carbocycles. The van der Waals surface area contributed by atoms with Crippen molar-refractivity contribution in [3.05, 3.63) is 76.3 Å². The van der Waals surface area contributed by atoms with Gasteiger partial charge in [-0.3, -0.25) is 5.10 Å². The third kappa shape index (κ3) is 2.49. The molecule has 0 amide bonds. The lowest BCUT2D eigenvalue weighted by atomic mass is 10.0. The van der Waals surface area contributed by atoms with Crippen molar-refractivity contribution < 1.29 is 0 Å². The van der Waals surface area contributed by atoms with E-state index < -0.39 is 0 Å². The van der Waals surface area contributed by atoms with Crippen LogP contribution in [0.25, 0.3) is 22.5 Å². The normalized spacial score (nSPS) is 12.2. The third-order valence-electron chi connectivity index (χ3n) is 4.60. The maximum Gasteiger partial charge on any atom is 0.137 e. The van der Waals surface area contributed by atoms with Gasteiger partial charge in [-0.2, -0.15) is 10.2 Å². The van der Waals surface area contributed by atoms with Crippen molar-refractivity contribution in [2.75, 3.05) is 0 Å². The summed E-state index contributed by atoms with van der Waals surface area (Å²) in [6, 6.07) is 14.9. The maximum absolute atomic E-state index is 4.56. The molecule has 2 heterocycles. The zero-order valence-electron chi connectivity index (χ0n) is 13.3. The molecule has 1 aliphatic carbocycles. The van der Waals surface area contributed by atoms with Gasteiger partial charge in [-0.05, 0) is 23.3 Å². The molecule has 1 N–H and O–H groups in total. The number of nitrogens with one attached hydrogen (secondary N) is 1. The minimum atomic E-state index is 0.735. The number of halogens is 1. The van der Waals surface area contributed by atoms with Crippen LogP contribution in [0.5, 0.6) is 0 Å². The highest BCUT2D eigenvalue weighted by atomic mass is 79.9. The molecule has 122 valence electrons. The Balaban J connectivity index is 1.50. The highest BCUT2D eigenvalue weighted by molar-refractivity contribution is 9.10. The van der Waals surface area contributed by atoms with Gasteiger partial charge in [0.1, 0.15) is 12.7 Å². The molecule has 0 fully saturated rings. The molecule has 4 aromatic rings. The summed E-state index contributed by atoms with van der Waals surface area (Å²) in [5.41, 5.74) is 8.39. The summed E-state index contributed by atoms with van der Waals surface area (Å²) in [6.45, 7) is 0.735. The molecule has 5 rings (SSSR count). The van der Waals surface area contributed by atoms with Crippen LogP contribution in [0, 0.1) is 0 Å². The second-order valence-corrected chi connectivity index (χ2v) is 7.11. The fourth-order valence-corrected chi connectivity index (χ4v) is 3.70. The Hall–Kier alpha value is -2.73. The van der Waals surface area contributed by atoms with Crippen molar-refractivity contribution in [2.45, 2.75) is 13.0 Å². The molecular weight excluding hydrogens is 378 g/mol. The van der Waals surface area contributed by atoms with Gasteiger partial charge in [0.05, 0.1) is 17.9 Å². The molecule has 0 bridgehead atoms. The number of hydrogen-bond acceptors (Lipinski definition) is 3. The van der Waals surface area contributed by atoms with E-state index in [1.54, 1.807) is 12.7 Å². The molecule has 0 saturated heterocycles. The minimum Gasteiger partial charge on any atom is -0.277 e. The van der Waals surface area contributed by atoms with Gasteiger partial charge in [0, 0.05) is 27.6 Å². The van der Waals surface area contributed by atoms with Crippen LogP contribution in [-0.4, -0.2) is 25.0 Å². The molecule has 6 heteroatoms. The van der Waals surface area contributed by atoms with Gasteiger partial charge >= 0.3 is 0 Å². The van der Waals surface area contributed by atoms with E-state index in [-0.39, 0.29) is 0 Å². The average Bonchev–Trinajstić information content (AvgIpc) is 3.32. The zero-order chi connectivity index (χ0) is 16.8. The predicted octanol–water partition coefficient (Wildman–Crippen LogP) is 4.05. The number of aromatic nitrogens is 5. The molecule has 0 atom stereocenters. The van der Waals surface area contributed by atoms with E-state index in [2.05, 4.69) is 78.7 Å². The summed E-state index contributed by atoms with van der Waals surface area (Å²) < 4.78 is 2.91. The van der Waals surface area contributed by atoms with Crippen molar-refractivity contribution in [1.29, 1.82) is 0 Å². The van der Waals surface area contributed by atoms with Gasteiger partial charge in [-0.15, -0.1) is 0 Å². The topological polar surface area (TPSA) is 59.4 Å². The Morgan fingerprint density at radius 2 is 2.00 bits per heavy atom. The third-order valence-corrected chi connectivity index (χ3v) is 5.13. The van der Waals surface area contributed by atoms with Crippen LogP contribution in [-0.2, 0) is 13.0 Å². The molecular formula is C19H14BrN5. The lowest BCUT2D eigenvalue weighted by Gasteiger charge is -2.05. The highest BCUT2D eigenvalue weighted by Crippen LogP contribution is 2.40. The lowest BCUT2D eigenvalue weighted by molar-refractivity contribution is 0.684. The first-order chi connectivity index (χ1) is 12.3. The fraction of sp³-hybridized carbons (Fsp3) is 0.105. The first-order valence-corrected chi connectivity index (χ1v) is 8.85. The van der Waals surface area contributed by atoms with Crippen LogP contribution in [0.15, 0.2) is 59.6 Å². The number of H-pyrrole nitrogens is 1. The number of hydrogen-bond donors (Lipinski definition) is 1. The van der Waals surface area contributed by atoms with E-state index >= 15 is 0 Å². The van der Waals surface area contributed by atoms with E-state index in [0.717, 1.165) is 34.4 Å². The zero-order valence-corrected chi connectivity index (χ0v) is 14.9. The molecule has 5 nitrogen and oxygen atoms in total. The van der Waals surface area contributed by atoms with Gasteiger partial charge in [0.15, 0.2) is 0 Å². The van der Waals surface area contributed by atoms with Crippen molar-refractivity contribution in [2.24, 2.45) is 0 Å². The van der Waals surface area contributed by atoms with Crippen LogP contribution in [0.2, 0.25) is 0 Å². The van der Waals surface area contributed by atoms with E-state index in [9.17, 15) is 0 Å². The largest absolute Gasteiger partial charge is 0.277 e.